The lowest BCUT2D eigenvalue weighted by atomic mass is 10.1. The number of alkyl halides is 5. The van der Waals surface area contributed by atoms with E-state index in [9.17, 15) is 32.0 Å². The minimum Gasteiger partial charge on any atom is -0.496 e. The van der Waals surface area contributed by atoms with Crippen LogP contribution in [0.15, 0.2) is 59.6 Å². The van der Waals surface area contributed by atoms with Gasteiger partial charge in [-0.1, -0.05) is 24.3 Å². The zero-order chi connectivity index (χ0) is 27.2. The van der Waals surface area contributed by atoms with Gasteiger partial charge in [0.15, 0.2) is 5.78 Å². The van der Waals surface area contributed by atoms with E-state index in [1.165, 1.54) is 50.5 Å². The topological polar surface area (TPSA) is 72.2 Å². The molecule has 0 amide bonds. The van der Waals surface area contributed by atoms with Gasteiger partial charge in [-0.25, -0.2) is 4.98 Å². The number of thioether (sulfide) groups is 1. The Balaban J connectivity index is 1.83. The summed E-state index contributed by atoms with van der Waals surface area (Å²) in [4.78, 5) is 16.1. The number of rotatable bonds is 9. The lowest BCUT2D eigenvalue weighted by Crippen LogP contribution is -2.10. The second-order valence-corrected chi connectivity index (χ2v) is 8.54. The molecule has 0 saturated carbocycles. The van der Waals surface area contributed by atoms with Gasteiger partial charge in [0.25, 0.3) is 0 Å². The van der Waals surface area contributed by atoms with Crippen LogP contribution in [-0.4, -0.2) is 24.5 Å². The van der Waals surface area contributed by atoms with Gasteiger partial charge >= 0.3 is 12.8 Å². The molecule has 3 aromatic rings. The molecule has 0 fully saturated rings. The van der Waals surface area contributed by atoms with Gasteiger partial charge in [0.2, 0.25) is 0 Å². The lowest BCUT2D eigenvalue weighted by molar-refractivity contribution is -0.141. The predicted octanol–water partition coefficient (Wildman–Crippen LogP) is 7.08. The van der Waals surface area contributed by atoms with Crippen LogP contribution >= 0.6 is 11.8 Å². The molecule has 0 N–H and O–H groups in total. The number of aromatic nitrogens is 1. The number of benzene rings is 2. The summed E-state index contributed by atoms with van der Waals surface area (Å²) in [5.41, 5.74) is 0.452. The molecule has 5 nitrogen and oxygen atoms in total. The van der Waals surface area contributed by atoms with Crippen molar-refractivity contribution >= 4 is 23.6 Å². The number of nitriles is 1. The Labute approximate surface area is 213 Å². The second-order valence-electron chi connectivity index (χ2n) is 7.58. The summed E-state index contributed by atoms with van der Waals surface area (Å²) >= 11 is 0.955. The smallest absolute Gasteiger partial charge is 0.433 e. The SMILES string of the molecule is COc1ccc(/C=C/C(=O)c2cccc(OC(F)F)c2)cc1CSc1nc(C(F)(F)F)cc(C)c1C#N. The third-order valence-corrected chi connectivity index (χ3v) is 6.05. The number of methoxy groups -OCH3 is 1. The van der Waals surface area contributed by atoms with Gasteiger partial charge in [-0.3, -0.25) is 4.79 Å². The van der Waals surface area contributed by atoms with Crippen molar-refractivity contribution in [3.8, 4) is 17.6 Å². The summed E-state index contributed by atoms with van der Waals surface area (Å²) in [6.07, 6.45) is -1.90. The molecule has 0 aliphatic heterocycles. The van der Waals surface area contributed by atoms with Crippen LogP contribution in [0.4, 0.5) is 22.0 Å². The second kappa shape index (κ2) is 11.9. The number of pyridine rings is 1. The molecule has 37 heavy (non-hydrogen) atoms. The number of halogens is 5. The summed E-state index contributed by atoms with van der Waals surface area (Å²) in [6, 6.07) is 13.1. The maximum Gasteiger partial charge on any atom is 0.433 e. The van der Waals surface area contributed by atoms with Crippen molar-refractivity contribution in [1.29, 1.82) is 5.26 Å². The Kier molecular flexibility index (Phi) is 8.89. The highest BCUT2D eigenvalue weighted by atomic mass is 32.2. The Hall–Kier alpha value is -3.91. The maximum atomic E-state index is 13.2. The highest BCUT2D eigenvalue weighted by Gasteiger charge is 2.34. The van der Waals surface area contributed by atoms with Crippen molar-refractivity contribution in [2.45, 2.75) is 30.5 Å². The van der Waals surface area contributed by atoms with Gasteiger partial charge in [-0.2, -0.15) is 27.2 Å². The fourth-order valence-electron chi connectivity index (χ4n) is 3.28. The van der Waals surface area contributed by atoms with Gasteiger partial charge in [0.05, 0.1) is 12.7 Å². The number of hydrogen-bond donors (Lipinski definition) is 0. The van der Waals surface area contributed by atoms with Crippen LogP contribution < -0.4 is 9.47 Å². The van der Waals surface area contributed by atoms with Gasteiger partial charge in [0, 0.05) is 16.9 Å². The van der Waals surface area contributed by atoms with Gasteiger partial charge in [0.1, 0.15) is 28.3 Å². The monoisotopic (exact) mass is 534 g/mol. The molecule has 11 heteroatoms. The van der Waals surface area contributed by atoms with E-state index in [2.05, 4.69) is 9.72 Å². The van der Waals surface area contributed by atoms with Crippen LogP contribution in [0.1, 0.15) is 38.3 Å². The first kappa shape index (κ1) is 27.7. The standard InChI is InChI=1S/C26H19F5N2O3S/c1-15-10-23(26(29,30)31)33-24(20(15)13-32)37-14-18-11-16(7-9-22(18)35-2)6-8-21(34)17-4-3-5-19(12-17)36-25(27)28/h3-12,25H,14H2,1-2H3/b8-6+. The molecule has 2 aromatic carbocycles. The number of nitrogens with zero attached hydrogens (tertiary/aromatic N) is 2. The van der Waals surface area contributed by atoms with E-state index >= 15 is 0 Å². The van der Waals surface area contributed by atoms with Crippen molar-refractivity contribution in [3.05, 3.63) is 88.1 Å². The molecular formula is C26H19F5N2O3S. The Morgan fingerprint density at radius 2 is 1.95 bits per heavy atom. The van der Waals surface area contributed by atoms with E-state index in [0.29, 0.717) is 16.9 Å². The van der Waals surface area contributed by atoms with Crippen LogP contribution in [0.3, 0.4) is 0 Å². The van der Waals surface area contributed by atoms with Crippen LogP contribution in [0, 0.1) is 18.3 Å². The highest BCUT2D eigenvalue weighted by molar-refractivity contribution is 7.98. The van der Waals surface area contributed by atoms with Crippen LogP contribution in [0.25, 0.3) is 6.08 Å². The summed E-state index contributed by atoms with van der Waals surface area (Å²) < 4.78 is 74.2. The average Bonchev–Trinajstić information content (AvgIpc) is 2.85. The summed E-state index contributed by atoms with van der Waals surface area (Å²) in [6.45, 7) is -1.60. The van der Waals surface area contributed by atoms with E-state index in [4.69, 9.17) is 4.74 Å². The van der Waals surface area contributed by atoms with E-state index in [1.807, 2.05) is 6.07 Å². The highest BCUT2D eigenvalue weighted by Crippen LogP contribution is 2.35. The molecule has 0 radical (unpaired) electrons. The number of allylic oxidation sites excluding steroid dienone is 1. The average molecular weight is 535 g/mol. The van der Waals surface area contributed by atoms with Crippen molar-refractivity contribution in [2.75, 3.05) is 7.11 Å². The van der Waals surface area contributed by atoms with Gasteiger partial charge < -0.3 is 9.47 Å². The Morgan fingerprint density at radius 1 is 1.19 bits per heavy atom. The molecule has 192 valence electrons. The molecule has 0 saturated heterocycles. The quantitative estimate of drug-likeness (QED) is 0.126. The largest absolute Gasteiger partial charge is 0.496 e. The fourth-order valence-corrected chi connectivity index (χ4v) is 4.32. The third kappa shape index (κ3) is 7.30. The van der Waals surface area contributed by atoms with Gasteiger partial charge in [-0.15, -0.1) is 11.8 Å². The number of ketones is 1. The molecule has 1 heterocycles. The molecule has 3 rings (SSSR count). The predicted molar refractivity (Wildman–Crippen MR) is 128 cm³/mol. The summed E-state index contributed by atoms with van der Waals surface area (Å²) in [7, 11) is 1.43. The van der Waals surface area contributed by atoms with Crippen LogP contribution in [0.5, 0.6) is 11.5 Å². The first-order chi connectivity index (χ1) is 17.5. The number of ether oxygens (including phenoxy) is 2. The lowest BCUT2D eigenvalue weighted by Gasteiger charge is -2.13. The first-order valence-electron chi connectivity index (χ1n) is 10.6. The van der Waals surface area contributed by atoms with E-state index in [1.54, 1.807) is 18.2 Å². The van der Waals surface area contributed by atoms with Crippen molar-refractivity contribution in [3.63, 3.8) is 0 Å². The Bertz CT molecular complexity index is 1370. The van der Waals surface area contributed by atoms with E-state index in [0.717, 1.165) is 17.8 Å². The fraction of sp³-hybridized carbons (Fsp3) is 0.192. The molecule has 0 atom stereocenters. The molecule has 0 bridgehead atoms. The number of aryl methyl sites for hydroxylation is 1. The normalized spacial score (nSPS) is 11.5. The van der Waals surface area contributed by atoms with E-state index < -0.39 is 24.3 Å². The van der Waals surface area contributed by atoms with Gasteiger partial charge in [-0.05, 0) is 54.5 Å². The molecular weight excluding hydrogens is 515 g/mol. The van der Waals surface area contributed by atoms with E-state index in [-0.39, 0.29) is 33.2 Å². The molecule has 1 aromatic heterocycles. The third-order valence-electron chi connectivity index (χ3n) is 5.03. The van der Waals surface area contributed by atoms with Crippen molar-refractivity contribution in [2.24, 2.45) is 0 Å². The summed E-state index contributed by atoms with van der Waals surface area (Å²) in [5, 5.41) is 9.36. The number of carbonyl (C=O) groups excluding carboxylic acids is 1. The minimum absolute atomic E-state index is 0.0525. The number of hydrogen-bond acceptors (Lipinski definition) is 6. The van der Waals surface area contributed by atoms with Crippen LogP contribution in [0.2, 0.25) is 0 Å². The summed E-state index contributed by atoms with van der Waals surface area (Å²) in [5.74, 6) is -0.00851. The molecule has 0 spiro atoms. The molecule has 0 aliphatic rings. The number of carbonyl (C=O) groups is 1. The maximum absolute atomic E-state index is 13.2. The van der Waals surface area contributed by atoms with Crippen molar-refractivity contribution in [1.82, 2.24) is 4.98 Å². The zero-order valence-corrected chi connectivity index (χ0v) is 20.3. The van der Waals surface area contributed by atoms with Crippen LogP contribution in [-0.2, 0) is 11.9 Å². The molecule has 0 aliphatic carbocycles. The van der Waals surface area contributed by atoms with Crippen molar-refractivity contribution < 1.29 is 36.2 Å². The first-order valence-corrected chi connectivity index (χ1v) is 11.6. The zero-order valence-electron chi connectivity index (χ0n) is 19.5. The Morgan fingerprint density at radius 3 is 2.59 bits per heavy atom. The minimum atomic E-state index is -4.66. The molecule has 0 unspecified atom stereocenters.